The molecule has 0 atom stereocenters. The molecule has 0 radical (unpaired) electrons. The number of thioether (sulfide) groups is 1. The van der Waals surface area contributed by atoms with E-state index < -0.39 is 0 Å². The summed E-state index contributed by atoms with van der Waals surface area (Å²) in [5.41, 5.74) is 6.04. The number of Topliss-reactive ketones (excluding diaryl/α,β-unsaturated/α-hetero) is 1. The fourth-order valence-corrected chi connectivity index (χ4v) is 5.22. The number of carbonyl (C=O) groups is 1. The Morgan fingerprint density at radius 1 is 0.889 bits per heavy atom. The predicted molar refractivity (Wildman–Crippen MR) is 144 cm³/mol. The number of pyridine rings is 1. The summed E-state index contributed by atoms with van der Waals surface area (Å²) in [5, 5.41) is 9.57. The summed E-state index contributed by atoms with van der Waals surface area (Å²) in [6, 6.07) is 26.2. The monoisotopic (exact) mass is 493 g/mol. The zero-order valence-electron chi connectivity index (χ0n) is 20.3. The quantitative estimate of drug-likeness (QED) is 0.187. The lowest BCUT2D eigenvalue weighted by Gasteiger charge is -2.11. The lowest BCUT2D eigenvalue weighted by Crippen LogP contribution is -2.09. The molecule has 2 aromatic carbocycles. The van der Waals surface area contributed by atoms with Crippen LogP contribution in [0.15, 0.2) is 96.4 Å². The number of rotatable bonds is 9. The Balaban J connectivity index is 1.36. The van der Waals surface area contributed by atoms with Gasteiger partial charge >= 0.3 is 0 Å². The Kier molecular flexibility index (Phi) is 7.09. The maximum Gasteiger partial charge on any atom is 0.196 e. The van der Waals surface area contributed by atoms with Gasteiger partial charge < -0.3 is 4.57 Å². The zero-order valence-corrected chi connectivity index (χ0v) is 21.2. The van der Waals surface area contributed by atoms with Crippen LogP contribution in [0.1, 0.15) is 27.3 Å². The molecular weight excluding hydrogens is 466 g/mol. The Hall–Kier alpha value is -3.97. The molecule has 0 fully saturated rings. The fraction of sp³-hybridized carbons (Fsp3) is 0.172. The molecule has 180 valence electrons. The molecule has 0 N–H and O–H groups in total. The molecule has 0 aliphatic heterocycles. The van der Waals surface area contributed by atoms with Gasteiger partial charge in [-0.3, -0.25) is 14.3 Å². The van der Waals surface area contributed by atoms with E-state index in [0.29, 0.717) is 5.16 Å². The van der Waals surface area contributed by atoms with Crippen molar-refractivity contribution in [2.75, 3.05) is 5.75 Å². The van der Waals surface area contributed by atoms with Crippen molar-refractivity contribution >= 4 is 17.5 Å². The second kappa shape index (κ2) is 10.7. The summed E-state index contributed by atoms with van der Waals surface area (Å²) < 4.78 is 4.23. The average molecular weight is 494 g/mol. The highest BCUT2D eigenvalue weighted by atomic mass is 32.2. The van der Waals surface area contributed by atoms with Crippen LogP contribution in [0.25, 0.3) is 17.1 Å². The van der Waals surface area contributed by atoms with Crippen LogP contribution in [0.5, 0.6) is 0 Å². The highest BCUT2D eigenvalue weighted by Crippen LogP contribution is 2.28. The van der Waals surface area contributed by atoms with Crippen LogP contribution in [-0.4, -0.2) is 35.9 Å². The van der Waals surface area contributed by atoms with Gasteiger partial charge in [-0.2, -0.15) is 0 Å². The zero-order chi connectivity index (χ0) is 24.9. The van der Waals surface area contributed by atoms with E-state index in [0.717, 1.165) is 47.0 Å². The van der Waals surface area contributed by atoms with Crippen molar-refractivity contribution < 1.29 is 4.79 Å². The van der Waals surface area contributed by atoms with Crippen LogP contribution < -0.4 is 0 Å². The van der Waals surface area contributed by atoms with Gasteiger partial charge in [0.1, 0.15) is 0 Å². The molecule has 6 nitrogen and oxygen atoms in total. The Labute approximate surface area is 215 Å². The highest BCUT2D eigenvalue weighted by molar-refractivity contribution is 7.99. The molecule has 0 spiro atoms. The van der Waals surface area contributed by atoms with Gasteiger partial charge in [0.25, 0.3) is 0 Å². The van der Waals surface area contributed by atoms with Gasteiger partial charge in [-0.05, 0) is 56.2 Å². The number of aromatic nitrogens is 5. The molecule has 7 heteroatoms. The van der Waals surface area contributed by atoms with Gasteiger partial charge in [-0.1, -0.05) is 60.3 Å². The van der Waals surface area contributed by atoms with Crippen LogP contribution in [-0.2, 0) is 13.0 Å². The molecule has 0 bridgehead atoms. The smallest absolute Gasteiger partial charge is 0.196 e. The number of nitrogens with zero attached hydrogens (tertiary/aromatic N) is 5. The van der Waals surface area contributed by atoms with Crippen molar-refractivity contribution in [2.45, 2.75) is 32.0 Å². The standard InChI is InChI=1S/C29H27N5OS/c1-21-19-26(22(2)33(21)18-15-23-9-5-3-6-10-23)27(35)20-36-29-32-31-28(24-13-16-30-17-14-24)34(29)25-11-7-4-8-12-25/h3-14,16-17,19H,15,18,20H2,1-2H3. The van der Waals surface area contributed by atoms with Crippen molar-refractivity contribution in [3.8, 4) is 17.1 Å². The second-order valence-electron chi connectivity index (χ2n) is 8.60. The number of para-hydroxylation sites is 1. The SMILES string of the molecule is Cc1cc(C(=O)CSc2nnc(-c3ccncc3)n2-c2ccccc2)c(C)n1CCc1ccccc1. The number of benzene rings is 2. The molecule has 3 aromatic heterocycles. The number of aryl methyl sites for hydroxylation is 2. The van der Waals surface area contributed by atoms with Crippen molar-refractivity contribution in [1.82, 2.24) is 24.3 Å². The normalized spacial score (nSPS) is 11.1. The first-order chi connectivity index (χ1) is 17.6. The summed E-state index contributed by atoms with van der Waals surface area (Å²) in [6.07, 6.45) is 4.41. The van der Waals surface area contributed by atoms with E-state index >= 15 is 0 Å². The van der Waals surface area contributed by atoms with Crippen LogP contribution in [0.2, 0.25) is 0 Å². The van der Waals surface area contributed by atoms with Crippen LogP contribution in [0.3, 0.4) is 0 Å². The third-order valence-electron chi connectivity index (χ3n) is 6.26. The molecule has 0 amide bonds. The molecule has 3 heterocycles. The van der Waals surface area contributed by atoms with E-state index in [1.807, 2.05) is 66.1 Å². The van der Waals surface area contributed by atoms with Crippen LogP contribution >= 0.6 is 11.8 Å². The van der Waals surface area contributed by atoms with Gasteiger partial charge in [-0.15, -0.1) is 10.2 Å². The van der Waals surface area contributed by atoms with Crippen molar-refractivity contribution in [3.05, 3.63) is 114 Å². The molecule has 0 aliphatic carbocycles. The van der Waals surface area contributed by atoms with Gasteiger partial charge in [-0.25, -0.2) is 0 Å². The molecule has 36 heavy (non-hydrogen) atoms. The Bertz CT molecular complexity index is 1460. The van der Waals surface area contributed by atoms with E-state index in [4.69, 9.17) is 0 Å². The first kappa shape index (κ1) is 23.8. The van der Waals surface area contributed by atoms with Gasteiger partial charge in [0.2, 0.25) is 0 Å². The highest BCUT2D eigenvalue weighted by Gasteiger charge is 2.20. The van der Waals surface area contributed by atoms with Crippen molar-refractivity contribution in [1.29, 1.82) is 0 Å². The first-order valence-electron chi connectivity index (χ1n) is 11.9. The lowest BCUT2D eigenvalue weighted by atomic mass is 10.1. The predicted octanol–water partition coefficient (Wildman–Crippen LogP) is 5.97. The molecule has 5 aromatic rings. The van der Waals surface area contributed by atoms with E-state index in [9.17, 15) is 4.79 Å². The number of carbonyl (C=O) groups excluding carboxylic acids is 1. The molecule has 0 aliphatic rings. The third kappa shape index (κ3) is 5.02. The summed E-state index contributed by atoms with van der Waals surface area (Å²) in [5.74, 6) is 1.09. The summed E-state index contributed by atoms with van der Waals surface area (Å²) in [7, 11) is 0. The van der Waals surface area contributed by atoms with Gasteiger partial charge in [0.15, 0.2) is 16.8 Å². The molecular formula is C29H27N5OS. The first-order valence-corrected chi connectivity index (χ1v) is 12.9. The lowest BCUT2D eigenvalue weighted by molar-refractivity contribution is 0.102. The molecule has 0 saturated carbocycles. The van der Waals surface area contributed by atoms with Crippen molar-refractivity contribution in [2.24, 2.45) is 0 Å². The average Bonchev–Trinajstić information content (AvgIpc) is 3.48. The molecule has 0 saturated heterocycles. The van der Waals surface area contributed by atoms with E-state index in [1.54, 1.807) is 12.4 Å². The minimum atomic E-state index is 0.0899. The van der Waals surface area contributed by atoms with E-state index in [-0.39, 0.29) is 11.5 Å². The van der Waals surface area contributed by atoms with Gasteiger partial charge in [0.05, 0.1) is 5.75 Å². The van der Waals surface area contributed by atoms with E-state index in [1.165, 1.54) is 17.3 Å². The number of hydrogen-bond donors (Lipinski definition) is 0. The van der Waals surface area contributed by atoms with Gasteiger partial charge in [0, 0.05) is 47.1 Å². The van der Waals surface area contributed by atoms with E-state index in [2.05, 4.69) is 50.9 Å². The second-order valence-corrected chi connectivity index (χ2v) is 9.54. The summed E-state index contributed by atoms with van der Waals surface area (Å²) in [4.78, 5) is 17.4. The largest absolute Gasteiger partial charge is 0.348 e. The molecule has 0 unspecified atom stereocenters. The van der Waals surface area contributed by atoms with Crippen molar-refractivity contribution in [3.63, 3.8) is 0 Å². The minimum absolute atomic E-state index is 0.0899. The Morgan fingerprint density at radius 2 is 1.58 bits per heavy atom. The minimum Gasteiger partial charge on any atom is -0.348 e. The number of hydrogen-bond acceptors (Lipinski definition) is 5. The Morgan fingerprint density at radius 3 is 2.31 bits per heavy atom. The topological polar surface area (TPSA) is 65.6 Å². The fourth-order valence-electron chi connectivity index (χ4n) is 4.38. The molecule has 5 rings (SSSR count). The summed E-state index contributed by atoms with van der Waals surface area (Å²) >= 11 is 1.41. The maximum atomic E-state index is 13.3. The van der Waals surface area contributed by atoms with Crippen LogP contribution in [0.4, 0.5) is 0 Å². The summed E-state index contributed by atoms with van der Waals surface area (Å²) in [6.45, 7) is 4.94. The van der Waals surface area contributed by atoms with Crippen LogP contribution in [0, 0.1) is 13.8 Å². The maximum absolute atomic E-state index is 13.3. The third-order valence-corrected chi connectivity index (χ3v) is 7.19. The number of ketones is 1.